The molecule has 0 aliphatic heterocycles. The van der Waals surface area contributed by atoms with Gasteiger partial charge in [-0.3, -0.25) is 4.79 Å². The number of hydrogen-bond acceptors (Lipinski definition) is 3. The van der Waals surface area contributed by atoms with Crippen LogP contribution < -0.4 is 4.74 Å². The Bertz CT molecular complexity index is 1070. The standard InChI is InChI=1S/C26H29ClO3/c1-6-16-8-10-17(30-18-9-7-15(2)21(27)14-18)13-19(16)22-23(28)20-11-12-26(5,24(22)29)25(20,3)4/h7-10,13-14,20,29H,6,11-12H2,1-5H3/t20-,26+/m0/s1. The molecule has 2 aromatic carbocycles. The quantitative estimate of drug-likeness (QED) is 0.560. The van der Waals surface area contributed by atoms with E-state index >= 15 is 0 Å². The number of rotatable bonds is 4. The third-order valence-corrected chi connectivity index (χ3v) is 8.07. The van der Waals surface area contributed by atoms with Crippen LogP contribution in [0.15, 0.2) is 42.2 Å². The highest BCUT2D eigenvalue weighted by atomic mass is 35.5. The molecular weight excluding hydrogens is 396 g/mol. The Morgan fingerprint density at radius 1 is 1.13 bits per heavy atom. The molecule has 2 aliphatic rings. The van der Waals surface area contributed by atoms with Gasteiger partial charge in [0.25, 0.3) is 0 Å². The molecule has 1 fully saturated rings. The molecule has 0 radical (unpaired) electrons. The van der Waals surface area contributed by atoms with Gasteiger partial charge in [-0.15, -0.1) is 0 Å². The van der Waals surface area contributed by atoms with Gasteiger partial charge < -0.3 is 9.84 Å². The van der Waals surface area contributed by atoms with Crippen LogP contribution in [-0.2, 0) is 11.2 Å². The molecule has 4 rings (SSSR count). The van der Waals surface area contributed by atoms with Crippen molar-refractivity contribution in [3.05, 3.63) is 63.9 Å². The van der Waals surface area contributed by atoms with Crippen LogP contribution in [0.2, 0.25) is 5.02 Å². The summed E-state index contributed by atoms with van der Waals surface area (Å²) >= 11 is 6.23. The predicted molar refractivity (Wildman–Crippen MR) is 121 cm³/mol. The molecule has 1 N–H and O–H groups in total. The second-order valence-corrected chi connectivity index (χ2v) is 9.83. The van der Waals surface area contributed by atoms with Crippen LogP contribution in [0, 0.1) is 23.7 Å². The van der Waals surface area contributed by atoms with E-state index in [-0.39, 0.29) is 22.9 Å². The Kier molecular flexibility index (Phi) is 5.01. The fourth-order valence-electron chi connectivity index (χ4n) is 5.14. The van der Waals surface area contributed by atoms with Crippen LogP contribution in [0.5, 0.6) is 11.5 Å². The van der Waals surface area contributed by atoms with Gasteiger partial charge in [0.2, 0.25) is 0 Å². The van der Waals surface area contributed by atoms with Gasteiger partial charge in [-0.05, 0) is 72.6 Å². The number of hydrogen-bond donors (Lipinski definition) is 1. The third kappa shape index (κ3) is 2.98. The molecule has 0 spiro atoms. The Morgan fingerprint density at radius 3 is 2.47 bits per heavy atom. The molecule has 4 heteroatoms. The van der Waals surface area contributed by atoms with Gasteiger partial charge >= 0.3 is 0 Å². The first-order chi connectivity index (χ1) is 14.1. The molecule has 2 atom stereocenters. The summed E-state index contributed by atoms with van der Waals surface area (Å²) < 4.78 is 6.05. The largest absolute Gasteiger partial charge is 0.511 e. The van der Waals surface area contributed by atoms with Gasteiger partial charge in [0.15, 0.2) is 5.78 Å². The number of aliphatic hydroxyl groups is 1. The molecule has 2 aliphatic carbocycles. The van der Waals surface area contributed by atoms with E-state index in [9.17, 15) is 9.90 Å². The van der Waals surface area contributed by atoms with E-state index in [0.29, 0.717) is 22.1 Å². The van der Waals surface area contributed by atoms with Crippen LogP contribution in [0.4, 0.5) is 0 Å². The number of ketones is 1. The molecule has 0 amide bonds. The van der Waals surface area contributed by atoms with E-state index < -0.39 is 5.41 Å². The minimum Gasteiger partial charge on any atom is -0.511 e. The zero-order valence-corrected chi connectivity index (χ0v) is 19.1. The molecule has 1 saturated carbocycles. The molecule has 2 aromatic rings. The lowest BCUT2D eigenvalue weighted by Crippen LogP contribution is -2.43. The summed E-state index contributed by atoms with van der Waals surface area (Å²) in [6.07, 6.45) is 2.40. The van der Waals surface area contributed by atoms with Crippen molar-refractivity contribution in [2.45, 2.75) is 53.9 Å². The van der Waals surface area contributed by atoms with E-state index in [1.807, 2.05) is 37.3 Å². The monoisotopic (exact) mass is 424 g/mol. The van der Waals surface area contributed by atoms with Crippen molar-refractivity contribution in [1.82, 2.24) is 0 Å². The average Bonchev–Trinajstić information content (AvgIpc) is 2.88. The van der Waals surface area contributed by atoms with Gasteiger partial charge in [0.05, 0.1) is 5.57 Å². The van der Waals surface area contributed by atoms with Crippen molar-refractivity contribution in [3.63, 3.8) is 0 Å². The van der Waals surface area contributed by atoms with Crippen LogP contribution in [-0.4, -0.2) is 10.9 Å². The number of carbonyl (C=O) groups excluding carboxylic acids is 1. The Balaban J connectivity index is 1.81. The zero-order chi connectivity index (χ0) is 21.8. The van der Waals surface area contributed by atoms with E-state index in [4.69, 9.17) is 16.3 Å². The Morgan fingerprint density at radius 2 is 1.80 bits per heavy atom. The van der Waals surface area contributed by atoms with Crippen molar-refractivity contribution in [2.24, 2.45) is 16.7 Å². The Labute approximate surface area is 183 Å². The highest BCUT2D eigenvalue weighted by Gasteiger charge is 2.61. The third-order valence-electron chi connectivity index (χ3n) is 7.66. The molecule has 0 aromatic heterocycles. The predicted octanol–water partition coefficient (Wildman–Crippen LogP) is 7.30. The van der Waals surface area contributed by atoms with Gasteiger partial charge in [-0.25, -0.2) is 0 Å². The minimum atomic E-state index is -0.396. The van der Waals surface area contributed by atoms with Gasteiger partial charge in [-0.2, -0.15) is 0 Å². The molecule has 158 valence electrons. The maximum atomic E-state index is 13.5. The van der Waals surface area contributed by atoms with Crippen molar-refractivity contribution >= 4 is 23.0 Å². The number of fused-ring (bicyclic) bond motifs is 2. The van der Waals surface area contributed by atoms with E-state index in [2.05, 4.69) is 27.7 Å². The second kappa shape index (κ2) is 7.16. The number of Topliss-reactive ketones (excluding diaryl/α,β-unsaturated/α-hetero) is 1. The summed E-state index contributed by atoms with van der Waals surface area (Å²) in [6, 6.07) is 11.4. The maximum absolute atomic E-state index is 13.5. The number of ether oxygens (including phenoxy) is 1. The number of carbonyl (C=O) groups is 1. The summed E-state index contributed by atoms with van der Waals surface area (Å²) in [6.45, 7) is 10.3. The zero-order valence-electron chi connectivity index (χ0n) is 18.3. The lowest BCUT2D eigenvalue weighted by molar-refractivity contribution is -0.122. The van der Waals surface area contributed by atoms with Crippen molar-refractivity contribution in [2.75, 3.05) is 0 Å². The van der Waals surface area contributed by atoms with Crippen LogP contribution in [0.25, 0.3) is 5.57 Å². The molecule has 0 saturated heterocycles. The van der Waals surface area contributed by atoms with Crippen molar-refractivity contribution < 1.29 is 14.6 Å². The summed E-state index contributed by atoms with van der Waals surface area (Å²) in [5, 5.41) is 12.0. The molecule has 0 heterocycles. The van der Waals surface area contributed by atoms with Crippen molar-refractivity contribution in [3.8, 4) is 11.5 Å². The van der Waals surface area contributed by atoms with E-state index in [0.717, 1.165) is 36.0 Å². The minimum absolute atomic E-state index is 0.0534. The molecular formula is C26H29ClO3. The van der Waals surface area contributed by atoms with Crippen LogP contribution in [0.1, 0.15) is 57.2 Å². The first kappa shape index (κ1) is 21.0. The normalized spacial score (nSPS) is 25.0. The van der Waals surface area contributed by atoms with Gasteiger partial charge in [0, 0.05) is 16.4 Å². The summed E-state index contributed by atoms with van der Waals surface area (Å²) in [7, 11) is 0. The fraction of sp³-hybridized carbons (Fsp3) is 0.423. The lowest BCUT2D eigenvalue weighted by atomic mass is 9.58. The van der Waals surface area contributed by atoms with Gasteiger partial charge in [0.1, 0.15) is 17.3 Å². The Hall–Kier alpha value is -2.26. The molecule has 30 heavy (non-hydrogen) atoms. The van der Waals surface area contributed by atoms with Gasteiger partial charge in [-0.1, -0.05) is 51.4 Å². The van der Waals surface area contributed by atoms with Crippen molar-refractivity contribution in [1.29, 1.82) is 0 Å². The highest BCUT2D eigenvalue weighted by Crippen LogP contribution is 2.64. The van der Waals surface area contributed by atoms with Crippen LogP contribution in [0.3, 0.4) is 0 Å². The smallest absolute Gasteiger partial charge is 0.170 e. The highest BCUT2D eigenvalue weighted by molar-refractivity contribution is 6.31. The average molecular weight is 425 g/mol. The SMILES string of the molecule is CCc1ccc(Oc2ccc(C)c(Cl)c2)cc1C1=C(O)[C@@]2(C)CC[C@@H](C1=O)C2(C)C. The summed E-state index contributed by atoms with van der Waals surface area (Å²) in [4.78, 5) is 13.5. The fourth-order valence-corrected chi connectivity index (χ4v) is 5.31. The van der Waals surface area contributed by atoms with E-state index in [1.54, 1.807) is 6.07 Å². The molecule has 2 bridgehead atoms. The number of halogens is 1. The maximum Gasteiger partial charge on any atom is 0.170 e. The van der Waals surface area contributed by atoms with E-state index in [1.165, 1.54) is 0 Å². The molecule has 0 unspecified atom stereocenters. The number of aliphatic hydroxyl groups excluding tert-OH is 1. The first-order valence-corrected chi connectivity index (χ1v) is 11.0. The lowest BCUT2D eigenvalue weighted by Gasteiger charge is -2.45. The number of allylic oxidation sites excluding steroid dienone is 2. The second-order valence-electron chi connectivity index (χ2n) is 9.42. The van der Waals surface area contributed by atoms with Crippen LogP contribution >= 0.6 is 11.6 Å². The first-order valence-electron chi connectivity index (χ1n) is 10.7. The topological polar surface area (TPSA) is 46.5 Å². The number of aryl methyl sites for hydroxylation is 2. The molecule has 3 nitrogen and oxygen atoms in total. The summed E-state index contributed by atoms with van der Waals surface area (Å²) in [5.41, 5.74) is 2.62. The summed E-state index contributed by atoms with van der Waals surface area (Å²) in [5.74, 6) is 1.48. The number of benzene rings is 2.